The second-order valence-electron chi connectivity index (χ2n) is 3.78. The molecule has 0 unspecified atom stereocenters. The fourth-order valence-electron chi connectivity index (χ4n) is 1.39. The van der Waals surface area contributed by atoms with Crippen molar-refractivity contribution in [2.75, 3.05) is 6.61 Å². The predicted molar refractivity (Wildman–Crippen MR) is 69.5 cm³/mol. The van der Waals surface area contributed by atoms with Gasteiger partial charge in [0.05, 0.1) is 29.1 Å². The molecule has 1 rings (SSSR count). The van der Waals surface area contributed by atoms with Crippen molar-refractivity contribution in [3.05, 3.63) is 33.8 Å². The molecule has 0 saturated heterocycles. The highest BCUT2D eigenvalue weighted by atomic mass is 35.5. The number of nitrogens with one attached hydrogen (secondary N) is 1. The topological polar surface area (TPSA) is 49.3 Å². The summed E-state index contributed by atoms with van der Waals surface area (Å²) >= 11 is 11.6. The van der Waals surface area contributed by atoms with Gasteiger partial charge in [-0.1, -0.05) is 36.2 Å². The quantitative estimate of drug-likeness (QED) is 0.867. The fraction of sp³-hybridized carbons (Fsp3) is 0.417. The molecular weight excluding hydrogens is 261 g/mol. The molecule has 1 aromatic rings. The summed E-state index contributed by atoms with van der Waals surface area (Å²) in [5, 5.41) is 12.6. The van der Waals surface area contributed by atoms with Crippen LogP contribution in [-0.4, -0.2) is 23.7 Å². The van der Waals surface area contributed by atoms with Gasteiger partial charge < -0.3 is 10.4 Å². The van der Waals surface area contributed by atoms with Gasteiger partial charge in [0.2, 0.25) is 5.91 Å². The van der Waals surface area contributed by atoms with Crippen molar-refractivity contribution in [3.63, 3.8) is 0 Å². The minimum Gasteiger partial charge on any atom is -0.394 e. The Morgan fingerprint density at radius 2 is 2.12 bits per heavy atom. The molecule has 0 aliphatic rings. The number of rotatable bonds is 5. The second kappa shape index (κ2) is 6.84. The predicted octanol–water partition coefficient (Wildman–Crippen LogP) is 2.42. The third-order valence-corrected chi connectivity index (χ3v) is 3.17. The van der Waals surface area contributed by atoms with E-state index in [1.54, 1.807) is 18.2 Å². The fourth-order valence-corrected chi connectivity index (χ4v) is 1.71. The molecule has 0 fully saturated rings. The Morgan fingerprint density at radius 3 is 2.65 bits per heavy atom. The highest BCUT2D eigenvalue weighted by Crippen LogP contribution is 2.22. The largest absolute Gasteiger partial charge is 0.394 e. The average Bonchev–Trinajstić information content (AvgIpc) is 2.31. The smallest absolute Gasteiger partial charge is 0.224 e. The molecule has 5 heteroatoms. The number of carbonyl (C=O) groups excluding carboxylic acids is 1. The van der Waals surface area contributed by atoms with E-state index in [2.05, 4.69) is 5.32 Å². The Balaban J connectivity index is 2.58. The van der Waals surface area contributed by atoms with E-state index in [9.17, 15) is 4.79 Å². The zero-order chi connectivity index (χ0) is 12.8. The summed E-state index contributed by atoms with van der Waals surface area (Å²) in [4.78, 5) is 11.6. The molecule has 0 aliphatic carbocycles. The molecule has 0 radical (unpaired) electrons. The third kappa shape index (κ3) is 4.54. The van der Waals surface area contributed by atoms with Crippen LogP contribution in [0.3, 0.4) is 0 Å². The standard InChI is InChI=1S/C12H15Cl2NO2/c1-2-9(7-16)15-12(17)6-8-3-4-10(13)11(14)5-8/h3-5,9,16H,2,6-7H2,1H3,(H,15,17)/t9-/m1/s1. The summed E-state index contributed by atoms with van der Waals surface area (Å²) in [5.41, 5.74) is 0.796. The SMILES string of the molecule is CC[C@H](CO)NC(=O)Cc1ccc(Cl)c(Cl)c1. The summed E-state index contributed by atoms with van der Waals surface area (Å²) in [6.07, 6.45) is 0.928. The van der Waals surface area contributed by atoms with E-state index >= 15 is 0 Å². The van der Waals surface area contributed by atoms with E-state index < -0.39 is 0 Å². The Bertz CT molecular complexity index is 392. The van der Waals surface area contributed by atoms with Gasteiger partial charge in [0.15, 0.2) is 0 Å². The molecule has 0 heterocycles. The first-order valence-electron chi connectivity index (χ1n) is 5.41. The number of amides is 1. The normalized spacial score (nSPS) is 12.2. The molecule has 94 valence electrons. The molecular formula is C12H15Cl2NO2. The maximum Gasteiger partial charge on any atom is 0.224 e. The van der Waals surface area contributed by atoms with Gasteiger partial charge >= 0.3 is 0 Å². The molecule has 1 aromatic carbocycles. The molecule has 0 saturated carbocycles. The Morgan fingerprint density at radius 1 is 1.41 bits per heavy atom. The zero-order valence-corrected chi connectivity index (χ0v) is 11.1. The van der Waals surface area contributed by atoms with Crippen LogP contribution >= 0.6 is 23.2 Å². The number of aliphatic hydroxyl groups excluding tert-OH is 1. The van der Waals surface area contributed by atoms with E-state index in [1.807, 2.05) is 6.92 Å². The van der Waals surface area contributed by atoms with E-state index in [1.165, 1.54) is 0 Å². The lowest BCUT2D eigenvalue weighted by Crippen LogP contribution is -2.37. The monoisotopic (exact) mass is 275 g/mol. The van der Waals surface area contributed by atoms with Crippen LogP contribution in [-0.2, 0) is 11.2 Å². The Hall–Kier alpha value is -0.770. The van der Waals surface area contributed by atoms with Crippen molar-refractivity contribution in [2.45, 2.75) is 25.8 Å². The molecule has 17 heavy (non-hydrogen) atoms. The average molecular weight is 276 g/mol. The van der Waals surface area contributed by atoms with Crippen LogP contribution in [0.5, 0.6) is 0 Å². The van der Waals surface area contributed by atoms with Crippen molar-refractivity contribution in [1.82, 2.24) is 5.32 Å². The van der Waals surface area contributed by atoms with Gasteiger partial charge in [-0.3, -0.25) is 4.79 Å². The molecule has 1 atom stereocenters. The second-order valence-corrected chi connectivity index (χ2v) is 4.59. The molecule has 0 aliphatic heterocycles. The number of benzene rings is 1. The summed E-state index contributed by atoms with van der Waals surface area (Å²) in [6, 6.07) is 4.90. The van der Waals surface area contributed by atoms with Gasteiger partial charge in [0.1, 0.15) is 0 Å². The molecule has 0 spiro atoms. The number of aliphatic hydroxyl groups is 1. The summed E-state index contributed by atoms with van der Waals surface area (Å²) in [5.74, 6) is -0.135. The van der Waals surface area contributed by atoms with Crippen molar-refractivity contribution in [2.24, 2.45) is 0 Å². The first-order chi connectivity index (χ1) is 8.06. The van der Waals surface area contributed by atoms with Crippen LogP contribution in [0.25, 0.3) is 0 Å². The van der Waals surface area contributed by atoms with Crippen molar-refractivity contribution < 1.29 is 9.90 Å². The van der Waals surface area contributed by atoms with E-state index in [4.69, 9.17) is 28.3 Å². The minimum absolute atomic E-state index is 0.0520. The Kier molecular flexibility index (Phi) is 5.75. The number of halogens is 2. The van der Waals surface area contributed by atoms with Crippen molar-refractivity contribution >= 4 is 29.1 Å². The number of hydrogen-bond donors (Lipinski definition) is 2. The van der Waals surface area contributed by atoms with Crippen LogP contribution < -0.4 is 5.32 Å². The minimum atomic E-state index is -0.190. The van der Waals surface area contributed by atoms with Gasteiger partial charge in [-0.05, 0) is 24.1 Å². The molecule has 2 N–H and O–H groups in total. The lowest BCUT2D eigenvalue weighted by molar-refractivity contribution is -0.121. The highest BCUT2D eigenvalue weighted by molar-refractivity contribution is 6.42. The van der Waals surface area contributed by atoms with Crippen LogP contribution in [0.15, 0.2) is 18.2 Å². The first-order valence-corrected chi connectivity index (χ1v) is 6.16. The summed E-state index contributed by atoms with van der Waals surface area (Å²) in [7, 11) is 0. The first kappa shape index (κ1) is 14.3. The number of hydrogen-bond acceptors (Lipinski definition) is 2. The third-order valence-electron chi connectivity index (χ3n) is 2.43. The molecule has 3 nitrogen and oxygen atoms in total. The van der Waals surface area contributed by atoms with Crippen molar-refractivity contribution in [3.8, 4) is 0 Å². The van der Waals surface area contributed by atoms with Gasteiger partial charge in [-0.2, -0.15) is 0 Å². The van der Waals surface area contributed by atoms with E-state index in [0.29, 0.717) is 16.5 Å². The number of carbonyl (C=O) groups is 1. The van der Waals surface area contributed by atoms with Gasteiger partial charge in [-0.15, -0.1) is 0 Å². The van der Waals surface area contributed by atoms with Crippen LogP contribution in [0.4, 0.5) is 0 Å². The van der Waals surface area contributed by atoms with E-state index in [-0.39, 0.29) is 25.0 Å². The summed E-state index contributed by atoms with van der Waals surface area (Å²) in [6.45, 7) is 1.85. The van der Waals surface area contributed by atoms with Gasteiger partial charge in [0, 0.05) is 0 Å². The van der Waals surface area contributed by atoms with Crippen LogP contribution in [0.1, 0.15) is 18.9 Å². The molecule has 1 amide bonds. The van der Waals surface area contributed by atoms with Crippen molar-refractivity contribution in [1.29, 1.82) is 0 Å². The lowest BCUT2D eigenvalue weighted by Gasteiger charge is -2.14. The summed E-state index contributed by atoms with van der Waals surface area (Å²) < 4.78 is 0. The maximum absolute atomic E-state index is 11.6. The highest BCUT2D eigenvalue weighted by Gasteiger charge is 2.10. The molecule has 0 bridgehead atoms. The van der Waals surface area contributed by atoms with Gasteiger partial charge in [0.25, 0.3) is 0 Å². The van der Waals surface area contributed by atoms with Crippen LogP contribution in [0.2, 0.25) is 10.0 Å². The van der Waals surface area contributed by atoms with Gasteiger partial charge in [-0.25, -0.2) is 0 Å². The molecule has 0 aromatic heterocycles. The van der Waals surface area contributed by atoms with E-state index in [0.717, 1.165) is 5.56 Å². The lowest BCUT2D eigenvalue weighted by atomic mass is 10.1. The zero-order valence-electron chi connectivity index (χ0n) is 9.54. The van der Waals surface area contributed by atoms with Crippen LogP contribution in [0, 0.1) is 0 Å². The Labute approximate surface area is 111 Å². The maximum atomic E-state index is 11.6.